The molecule has 182 valence electrons. The highest BCUT2D eigenvalue weighted by Gasteiger charge is 2.51. The number of nitrogens with zero attached hydrogens (tertiary/aromatic N) is 3. The lowest BCUT2D eigenvalue weighted by molar-refractivity contribution is -0.140. The zero-order valence-electron chi connectivity index (χ0n) is 20.4. The van der Waals surface area contributed by atoms with Crippen LogP contribution >= 0.6 is 0 Å². The molecule has 0 unspecified atom stereocenters. The summed E-state index contributed by atoms with van der Waals surface area (Å²) in [5.74, 6) is 0.00898. The molecular formula is C31H25N3O3. The van der Waals surface area contributed by atoms with Crippen LogP contribution in [0, 0.1) is 6.92 Å². The Morgan fingerprint density at radius 2 is 1.51 bits per heavy atom. The van der Waals surface area contributed by atoms with Gasteiger partial charge in [-0.3, -0.25) is 14.8 Å². The number of rotatable bonds is 7. The Hall–Kier alpha value is -4.58. The molecule has 6 nitrogen and oxygen atoms in total. The van der Waals surface area contributed by atoms with Gasteiger partial charge in [-0.25, -0.2) is 0 Å². The molecule has 6 rings (SSSR count). The number of hydrogen-bond donors (Lipinski definition) is 1. The highest BCUT2D eigenvalue weighted by Crippen LogP contribution is 2.48. The zero-order chi connectivity index (χ0) is 25.4. The van der Waals surface area contributed by atoms with Crippen LogP contribution in [0.15, 0.2) is 95.8 Å². The molecule has 0 aliphatic heterocycles. The van der Waals surface area contributed by atoms with Gasteiger partial charge < -0.3 is 9.63 Å². The lowest BCUT2D eigenvalue weighted by Crippen LogP contribution is -2.19. The lowest BCUT2D eigenvalue weighted by Gasteiger charge is -2.11. The fraction of sp³-hybridized carbons (Fsp3) is 0.161. The molecule has 37 heavy (non-hydrogen) atoms. The largest absolute Gasteiger partial charge is 0.481 e. The van der Waals surface area contributed by atoms with Gasteiger partial charge in [0.2, 0.25) is 0 Å². The van der Waals surface area contributed by atoms with Gasteiger partial charge in [-0.15, -0.1) is 0 Å². The Kier molecular flexibility index (Phi) is 5.64. The molecule has 0 bridgehead atoms. The molecule has 0 amide bonds. The van der Waals surface area contributed by atoms with Gasteiger partial charge in [0.1, 0.15) is 0 Å². The smallest absolute Gasteiger partial charge is 0.314 e. The van der Waals surface area contributed by atoms with Crippen LogP contribution < -0.4 is 0 Å². The van der Waals surface area contributed by atoms with Crippen LogP contribution in [0.3, 0.4) is 0 Å². The predicted molar refractivity (Wildman–Crippen MR) is 141 cm³/mol. The van der Waals surface area contributed by atoms with E-state index < -0.39 is 11.4 Å². The molecule has 3 heterocycles. The summed E-state index contributed by atoms with van der Waals surface area (Å²) in [6, 6.07) is 26.0. The maximum atomic E-state index is 11.6. The number of pyridine rings is 2. The van der Waals surface area contributed by atoms with E-state index in [1.165, 1.54) is 0 Å². The number of carboxylic acids is 1. The molecule has 0 radical (unpaired) electrons. The number of carbonyl (C=O) groups is 1. The van der Waals surface area contributed by atoms with Gasteiger partial charge in [0.05, 0.1) is 16.8 Å². The van der Waals surface area contributed by atoms with Crippen LogP contribution in [0.2, 0.25) is 0 Å². The van der Waals surface area contributed by atoms with Gasteiger partial charge in [-0.1, -0.05) is 59.8 Å². The first kappa shape index (κ1) is 22.9. The van der Waals surface area contributed by atoms with Gasteiger partial charge in [0, 0.05) is 41.2 Å². The molecular weight excluding hydrogens is 462 g/mol. The molecule has 3 aromatic heterocycles. The minimum atomic E-state index is -0.734. The number of benzene rings is 2. The molecule has 0 atom stereocenters. The van der Waals surface area contributed by atoms with Crippen molar-refractivity contribution >= 4 is 5.97 Å². The minimum absolute atomic E-state index is 0.609. The van der Waals surface area contributed by atoms with Crippen molar-refractivity contribution in [3.63, 3.8) is 0 Å². The third-order valence-electron chi connectivity index (χ3n) is 7.20. The maximum Gasteiger partial charge on any atom is 0.314 e. The third kappa shape index (κ3) is 4.31. The molecule has 1 fully saturated rings. The number of hydrogen-bond acceptors (Lipinski definition) is 5. The summed E-state index contributed by atoms with van der Waals surface area (Å²) in [4.78, 5) is 20.6. The van der Waals surface area contributed by atoms with Gasteiger partial charge in [-0.2, -0.15) is 0 Å². The normalized spacial score (nSPS) is 13.9. The third-order valence-corrected chi connectivity index (χ3v) is 7.20. The van der Waals surface area contributed by atoms with Crippen LogP contribution in [0.1, 0.15) is 35.4 Å². The van der Waals surface area contributed by atoms with E-state index in [0.29, 0.717) is 19.3 Å². The van der Waals surface area contributed by atoms with Crippen molar-refractivity contribution in [3.05, 3.63) is 114 Å². The number of aryl methyl sites for hydroxylation is 1. The van der Waals surface area contributed by atoms with E-state index in [1.54, 1.807) is 12.4 Å². The summed E-state index contributed by atoms with van der Waals surface area (Å²) in [5, 5.41) is 13.8. The summed E-state index contributed by atoms with van der Waals surface area (Å²) in [6.45, 7) is 1.95. The quantitative estimate of drug-likeness (QED) is 0.283. The highest BCUT2D eigenvalue weighted by atomic mass is 16.5. The fourth-order valence-corrected chi connectivity index (χ4v) is 4.81. The Balaban J connectivity index is 1.24. The summed E-state index contributed by atoms with van der Waals surface area (Å²) >= 11 is 0. The van der Waals surface area contributed by atoms with Crippen molar-refractivity contribution in [1.82, 2.24) is 15.1 Å². The average Bonchev–Trinajstić information content (AvgIpc) is 3.69. The van der Waals surface area contributed by atoms with Crippen LogP contribution in [0.25, 0.3) is 33.7 Å². The topological polar surface area (TPSA) is 89.1 Å². The van der Waals surface area contributed by atoms with Crippen LogP contribution in [0.5, 0.6) is 0 Å². The molecule has 2 aromatic carbocycles. The predicted octanol–water partition coefficient (Wildman–Crippen LogP) is 6.48. The number of aromatic nitrogens is 3. The standard InChI is InChI=1S/C31H25N3O3/c1-20-27(19-26-3-2-4-28(33-26)23-13-17-32-18-14-23)29(37-34-20)24-7-5-21(6-8-24)22-9-11-25(12-10-22)31(15-16-31)30(35)36/h2-14,17-18H,15-16,19H2,1H3,(H,35,36). The summed E-state index contributed by atoms with van der Waals surface area (Å²) < 4.78 is 5.76. The monoisotopic (exact) mass is 487 g/mol. The van der Waals surface area contributed by atoms with E-state index in [9.17, 15) is 9.90 Å². The van der Waals surface area contributed by atoms with Crippen LogP contribution in [0.4, 0.5) is 0 Å². The Bertz CT molecular complexity index is 1570. The molecule has 1 saturated carbocycles. The molecule has 0 saturated heterocycles. The average molecular weight is 488 g/mol. The van der Waals surface area contributed by atoms with Gasteiger partial charge in [0.15, 0.2) is 5.76 Å². The zero-order valence-corrected chi connectivity index (χ0v) is 20.4. The van der Waals surface area contributed by atoms with E-state index >= 15 is 0 Å². The Morgan fingerprint density at radius 1 is 0.865 bits per heavy atom. The molecule has 1 aliphatic rings. The fourth-order valence-electron chi connectivity index (χ4n) is 4.81. The SMILES string of the molecule is Cc1noc(-c2ccc(-c3ccc(C4(C(=O)O)CC4)cc3)cc2)c1Cc1cccc(-c2ccncc2)n1. The molecule has 1 aliphatic carbocycles. The van der Waals surface area contributed by atoms with Crippen molar-refractivity contribution < 1.29 is 14.4 Å². The Morgan fingerprint density at radius 3 is 2.16 bits per heavy atom. The first-order valence-corrected chi connectivity index (χ1v) is 12.3. The first-order valence-electron chi connectivity index (χ1n) is 12.3. The van der Waals surface area contributed by atoms with E-state index in [4.69, 9.17) is 9.51 Å². The maximum absolute atomic E-state index is 11.6. The second-order valence-electron chi connectivity index (χ2n) is 9.54. The van der Waals surface area contributed by atoms with Crippen molar-refractivity contribution in [2.75, 3.05) is 0 Å². The van der Waals surface area contributed by atoms with Crippen molar-refractivity contribution in [2.45, 2.75) is 31.6 Å². The number of aliphatic carboxylic acids is 1. The van der Waals surface area contributed by atoms with E-state index in [-0.39, 0.29) is 0 Å². The molecule has 6 heteroatoms. The minimum Gasteiger partial charge on any atom is -0.481 e. The van der Waals surface area contributed by atoms with Crippen LogP contribution in [-0.2, 0) is 16.6 Å². The van der Waals surface area contributed by atoms with Crippen molar-refractivity contribution in [2.24, 2.45) is 0 Å². The van der Waals surface area contributed by atoms with Gasteiger partial charge in [0.25, 0.3) is 0 Å². The summed E-state index contributed by atoms with van der Waals surface area (Å²) in [5.41, 5.74) is 7.97. The summed E-state index contributed by atoms with van der Waals surface area (Å²) in [7, 11) is 0. The van der Waals surface area contributed by atoms with E-state index in [2.05, 4.69) is 22.3 Å². The molecule has 5 aromatic rings. The van der Waals surface area contributed by atoms with Gasteiger partial charge >= 0.3 is 5.97 Å². The molecule has 0 spiro atoms. The van der Waals surface area contributed by atoms with Crippen molar-refractivity contribution in [3.8, 4) is 33.7 Å². The second-order valence-corrected chi connectivity index (χ2v) is 9.54. The number of carboxylic acid groups (broad SMARTS) is 1. The lowest BCUT2D eigenvalue weighted by atomic mass is 9.93. The Labute approximate surface area is 214 Å². The highest BCUT2D eigenvalue weighted by molar-refractivity contribution is 5.85. The van der Waals surface area contributed by atoms with Crippen molar-refractivity contribution in [1.29, 1.82) is 0 Å². The van der Waals surface area contributed by atoms with E-state index in [1.807, 2.05) is 73.7 Å². The molecule has 1 N–H and O–H groups in total. The summed E-state index contributed by atoms with van der Waals surface area (Å²) in [6.07, 6.45) is 5.56. The van der Waals surface area contributed by atoms with Gasteiger partial charge in [-0.05, 0) is 60.7 Å². The second kappa shape index (κ2) is 9.13. The van der Waals surface area contributed by atoms with Crippen LogP contribution in [-0.4, -0.2) is 26.2 Å². The first-order chi connectivity index (χ1) is 18.0. The van der Waals surface area contributed by atoms with E-state index in [0.717, 1.165) is 56.2 Å².